The highest BCUT2D eigenvalue weighted by Gasteiger charge is 2.05. The minimum atomic E-state index is 0.278. The monoisotopic (exact) mass is 395 g/mol. The van der Waals surface area contributed by atoms with Crippen LogP contribution in [0.25, 0.3) is 11.1 Å². The van der Waals surface area contributed by atoms with Gasteiger partial charge < -0.3 is 4.74 Å². The first kappa shape index (κ1) is 23.4. The molecule has 2 aromatic rings. The Labute approximate surface area is 179 Å². The van der Waals surface area contributed by atoms with Crippen LogP contribution in [-0.4, -0.2) is 11.1 Å². The van der Waals surface area contributed by atoms with Crippen LogP contribution >= 0.6 is 0 Å². The highest BCUT2D eigenvalue weighted by molar-refractivity contribution is 5.63. The first-order valence-electron chi connectivity index (χ1n) is 11.9. The van der Waals surface area contributed by atoms with Crippen molar-refractivity contribution in [2.24, 2.45) is 0 Å². The molecule has 0 aliphatic carbocycles. The molecule has 2 rings (SSSR count). The highest BCUT2D eigenvalue weighted by Crippen LogP contribution is 2.23. The zero-order chi connectivity index (χ0) is 20.7. The van der Waals surface area contributed by atoms with Gasteiger partial charge in [-0.15, -0.1) is 0 Å². The van der Waals surface area contributed by atoms with Gasteiger partial charge in [-0.1, -0.05) is 83.4 Å². The SMILES string of the molecule is CCCCCCCCc1ccc(-c2ccc(O[C@@H](C)CCCCCC)cc2)cn1. The Morgan fingerprint density at radius 2 is 1.34 bits per heavy atom. The molecule has 1 aromatic carbocycles. The summed E-state index contributed by atoms with van der Waals surface area (Å²) in [6.45, 7) is 6.69. The van der Waals surface area contributed by atoms with Crippen LogP contribution in [0.2, 0.25) is 0 Å². The number of nitrogens with zero attached hydrogens (tertiary/aromatic N) is 1. The summed E-state index contributed by atoms with van der Waals surface area (Å²) in [6, 6.07) is 12.8. The Morgan fingerprint density at radius 1 is 0.724 bits per heavy atom. The topological polar surface area (TPSA) is 22.1 Å². The molecule has 0 aliphatic heterocycles. The minimum Gasteiger partial charge on any atom is -0.491 e. The summed E-state index contributed by atoms with van der Waals surface area (Å²) in [7, 11) is 0. The first-order chi connectivity index (χ1) is 14.2. The highest BCUT2D eigenvalue weighted by atomic mass is 16.5. The van der Waals surface area contributed by atoms with Crippen molar-refractivity contribution in [1.82, 2.24) is 4.98 Å². The average Bonchev–Trinajstić information content (AvgIpc) is 2.75. The molecule has 1 aromatic heterocycles. The van der Waals surface area contributed by atoms with Crippen molar-refractivity contribution in [3.63, 3.8) is 0 Å². The zero-order valence-corrected chi connectivity index (χ0v) is 19.0. The standard InChI is InChI=1S/C27H41NO/c1-4-6-8-10-11-13-15-26-19-16-25(22-28-26)24-17-20-27(21-18-24)29-23(3)14-12-9-7-5-2/h16-23H,4-15H2,1-3H3/t23-/m0/s1. The normalized spacial score (nSPS) is 12.1. The second kappa shape index (κ2) is 14.2. The molecular formula is C27H41NO. The third-order valence-electron chi connectivity index (χ3n) is 5.60. The van der Waals surface area contributed by atoms with E-state index in [4.69, 9.17) is 4.74 Å². The van der Waals surface area contributed by atoms with Gasteiger partial charge in [0, 0.05) is 17.5 Å². The molecule has 0 unspecified atom stereocenters. The fraction of sp³-hybridized carbons (Fsp3) is 0.593. The predicted molar refractivity (Wildman–Crippen MR) is 126 cm³/mol. The molecule has 0 bridgehead atoms. The molecular weight excluding hydrogens is 354 g/mol. The Hall–Kier alpha value is -1.83. The smallest absolute Gasteiger partial charge is 0.119 e. The summed E-state index contributed by atoms with van der Waals surface area (Å²) < 4.78 is 6.07. The number of hydrogen-bond acceptors (Lipinski definition) is 2. The number of ether oxygens (including phenoxy) is 1. The van der Waals surface area contributed by atoms with E-state index in [1.807, 2.05) is 6.20 Å². The zero-order valence-electron chi connectivity index (χ0n) is 19.0. The van der Waals surface area contributed by atoms with E-state index in [1.54, 1.807) is 0 Å². The van der Waals surface area contributed by atoms with E-state index in [9.17, 15) is 0 Å². The van der Waals surface area contributed by atoms with Crippen molar-refractivity contribution >= 4 is 0 Å². The van der Waals surface area contributed by atoms with Gasteiger partial charge in [0.15, 0.2) is 0 Å². The van der Waals surface area contributed by atoms with Gasteiger partial charge >= 0.3 is 0 Å². The van der Waals surface area contributed by atoms with Gasteiger partial charge in [-0.25, -0.2) is 0 Å². The van der Waals surface area contributed by atoms with Crippen LogP contribution in [0.5, 0.6) is 5.75 Å². The van der Waals surface area contributed by atoms with Crippen LogP contribution in [0.1, 0.15) is 97.1 Å². The predicted octanol–water partition coefficient (Wildman–Crippen LogP) is 8.39. The molecule has 0 amide bonds. The van der Waals surface area contributed by atoms with Gasteiger partial charge in [-0.3, -0.25) is 4.98 Å². The molecule has 0 fully saturated rings. The quantitative estimate of drug-likeness (QED) is 0.282. The van der Waals surface area contributed by atoms with Gasteiger partial charge in [0.05, 0.1) is 6.10 Å². The lowest BCUT2D eigenvalue weighted by atomic mass is 10.1. The Kier molecular flexibility index (Phi) is 11.5. The largest absolute Gasteiger partial charge is 0.491 e. The summed E-state index contributed by atoms with van der Waals surface area (Å²) in [5, 5.41) is 0. The molecule has 160 valence electrons. The van der Waals surface area contributed by atoms with Crippen LogP contribution in [-0.2, 0) is 6.42 Å². The molecule has 29 heavy (non-hydrogen) atoms. The minimum absolute atomic E-state index is 0.278. The molecule has 0 spiro atoms. The van der Waals surface area contributed by atoms with Gasteiger partial charge in [0.25, 0.3) is 0 Å². The third-order valence-corrected chi connectivity index (χ3v) is 5.60. The molecule has 0 N–H and O–H groups in total. The fourth-order valence-electron chi connectivity index (χ4n) is 3.71. The lowest BCUT2D eigenvalue weighted by Crippen LogP contribution is -2.11. The summed E-state index contributed by atoms with van der Waals surface area (Å²) in [6.07, 6.45) is 17.7. The van der Waals surface area contributed by atoms with E-state index >= 15 is 0 Å². The Balaban J connectivity index is 1.76. The molecule has 2 heteroatoms. The Bertz CT molecular complexity index is 647. The molecule has 0 radical (unpaired) electrons. The number of pyridine rings is 1. The van der Waals surface area contributed by atoms with Crippen molar-refractivity contribution in [1.29, 1.82) is 0 Å². The van der Waals surface area contributed by atoms with E-state index < -0.39 is 0 Å². The summed E-state index contributed by atoms with van der Waals surface area (Å²) in [5.41, 5.74) is 3.59. The number of aromatic nitrogens is 1. The van der Waals surface area contributed by atoms with E-state index in [2.05, 4.69) is 62.2 Å². The van der Waals surface area contributed by atoms with E-state index in [-0.39, 0.29) is 6.10 Å². The number of unbranched alkanes of at least 4 members (excludes halogenated alkanes) is 8. The molecule has 0 saturated heterocycles. The van der Waals surface area contributed by atoms with Crippen molar-refractivity contribution in [3.05, 3.63) is 48.3 Å². The molecule has 0 aliphatic rings. The third kappa shape index (κ3) is 9.47. The van der Waals surface area contributed by atoms with Crippen LogP contribution < -0.4 is 4.74 Å². The fourth-order valence-corrected chi connectivity index (χ4v) is 3.71. The molecule has 2 nitrogen and oxygen atoms in total. The second-order valence-corrected chi connectivity index (χ2v) is 8.36. The van der Waals surface area contributed by atoms with Crippen LogP contribution in [0, 0.1) is 0 Å². The van der Waals surface area contributed by atoms with E-state index in [0.29, 0.717) is 0 Å². The Morgan fingerprint density at radius 3 is 2.00 bits per heavy atom. The van der Waals surface area contributed by atoms with Crippen LogP contribution in [0.3, 0.4) is 0 Å². The lowest BCUT2D eigenvalue weighted by Gasteiger charge is -2.15. The number of rotatable bonds is 15. The van der Waals surface area contributed by atoms with Crippen LogP contribution in [0.4, 0.5) is 0 Å². The maximum absolute atomic E-state index is 6.07. The molecule has 1 heterocycles. The lowest BCUT2D eigenvalue weighted by molar-refractivity contribution is 0.206. The van der Waals surface area contributed by atoms with E-state index in [1.165, 1.54) is 81.0 Å². The summed E-state index contributed by atoms with van der Waals surface area (Å²) in [5.74, 6) is 0.962. The number of aryl methyl sites for hydroxylation is 1. The maximum atomic E-state index is 6.07. The number of benzene rings is 1. The van der Waals surface area contributed by atoms with Gasteiger partial charge in [0.2, 0.25) is 0 Å². The summed E-state index contributed by atoms with van der Waals surface area (Å²) in [4.78, 5) is 4.68. The second-order valence-electron chi connectivity index (χ2n) is 8.36. The van der Waals surface area contributed by atoms with Crippen LogP contribution in [0.15, 0.2) is 42.6 Å². The van der Waals surface area contributed by atoms with Crippen molar-refractivity contribution in [2.45, 2.75) is 104 Å². The molecule has 1 atom stereocenters. The molecule has 0 saturated carbocycles. The van der Waals surface area contributed by atoms with Crippen molar-refractivity contribution < 1.29 is 4.74 Å². The number of hydrogen-bond donors (Lipinski definition) is 0. The van der Waals surface area contributed by atoms with E-state index in [0.717, 1.165) is 18.6 Å². The first-order valence-corrected chi connectivity index (χ1v) is 11.9. The average molecular weight is 396 g/mol. The van der Waals surface area contributed by atoms with Crippen molar-refractivity contribution in [2.75, 3.05) is 0 Å². The maximum Gasteiger partial charge on any atom is 0.119 e. The van der Waals surface area contributed by atoms with Gasteiger partial charge in [-0.05, 0) is 56.4 Å². The van der Waals surface area contributed by atoms with Gasteiger partial charge in [0.1, 0.15) is 5.75 Å². The van der Waals surface area contributed by atoms with Gasteiger partial charge in [-0.2, -0.15) is 0 Å². The summed E-state index contributed by atoms with van der Waals surface area (Å²) >= 11 is 0. The van der Waals surface area contributed by atoms with Crippen molar-refractivity contribution in [3.8, 4) is 16.9 Å².